The Hall–Kier alpha value is -2.87. The molecule has 30 heavy (non-hydrogen) atoms. The van der Waals surface area contributed by atoms with E-state index in [9.17, 15) is 8.78 Å². The van der Waals surface area contributed by atoms with Gasteiger partial charge in [-0.1, -0.05) is 12.1 Å². The molecule has 1 fully saturated rings. The van der Waals surface area contributed by atoms with Crippen LogP contribution in [0.15, 0.2) is 48.5 Å². The first-order valence-corrected chi connectivity index (χ1v) is 10.1. The van der Waals surface area contributed by atoms with Crippen molar-refractivity contribution in [2.45, 2.75) is 32.4 Å². The number of halogens is 2. The van der Waals surface area contributed by atoms with Crippen LogP contribution in [0.5, 0.6) is 0 Å². The molecule has 0 bridgehead atoms. The van der Waals surface area contributed by atoms with E-state index in [1.807, 2.05) is 16.8 Å². The van der Waals surface area contributed by atoms with Crippen LogP contribution < -0.4 is 4.90 Å². The molecule has 1 aliphatic heterocycles. The lowest BCUT2D eigenvalue weighted by molar-refractivity contribution is 0.191. The highest BCUT2D eigenvalue weighted by molar-refractivity contribution is 5.46. The molecule has 1 aliphatic rings. The van der Waals surface area contributed by atoms with Crippen LogP contribution in [0.4, 0.5) is 14.5 Å². The summed E-state index contributed by atoms with van der Waals surface area (Å²) < 4.78 is 28.7. The number of rotatable bonds is 4. The van der Waals surface area contributed by atoms with E-state index in [0.29, 0.717) is 0 Å². The van der Waals surface area contributed by atoms with Crippen LogP contribution in [0, 0.1) is 11.6 Å². The average molecular weight is 412 g/mol. The highest BCUT2D eigenvalue weighted by Gasteiger charge is 2.33. The molecule has 2 heterocycles. The van der Waals surface area contributed by atoms with Gasteiger partial charge in [0, 0.05) is 31.9 Å². The lowest BCUT2D eigenvalue weighted by atomic mass is 10.0. The largest absolute Gasteiger partial charge is 0.369 e. The highest BCUT2D eigenvalue weighted by Crippen LogP contribution is 2.31. The lowest BCUT2D eigenvalue weighted by Crippen LogP contribution is -2.48. The first-order valence-electron chi connectivity index (χ1n) is 10.1. The van der Waals surface area contributed by atoms with Gasteiger partial charge in [0.15, 0.2) is 5.82 Å². The first-order chi connectivity index (χ1) is 14.3. The monoisotopic (exact) mass is 412 g/mol. The second kappa shape index (κ2) is 8.10. The molecular formula is C22H26F2N6. The smallest absolute Gasteiger partial charge is 0.173 e. The summed E-state index contributed by atoms with van der Waals surface area (Å²) in [5, 5.41) is 12.5. The lowest BCUT2D eigenvalue weighted by Gasteiger charge is -2.40. The minimum Gasteiger partial charge on any atom is -0.369 e. The predicted octanol–water partition coefficient (Wildman–Crippen LogP) is 3.62. The molecule has 1 unspecified atom stereocenters. The number of hydrogen-bond acceptors (Lipinski definition) is 5. The molecular weight excluding hydrogens is 386 g/mol. The third kappa shape index (κ3) is 4.18. The number of benzene rings is 2. The molecule has 1 saturated heterocycles. The Balaban J connectivity index is 1.62. The maximum absolute atomic E-state index is 13.6. The molecule has 3 aromatic rings. The van der Waals surface area contributed by atoms with Crippen LogP contribution in [0.2, 0.25) is 0 Å². The summed E-state index contributed by atoms with van der Waals surface area (Å²) >= 11 is 0. The van der Waals surface area contributed by atoms with E-state index >= 15 is 0 Å². The molecule has 0 amide bonds. The third-order valence-electron chi connectivity index (χ3n) is 5.43. The fourth-order valence-corrected chi connectivity index (χ4v) is 3.90. The molecule has 0 aliphatic carbocycles. The molecule has 0 saturated carbocycles. The standard InChI is InChI=1S/C22H26F2N6/c1-22(2,3)30-21(25-26-27-30)20(16-4-6-17(23)7-5-16)29-14-12-28(13-15-29)19-10-8-18(24)9-11-19/h4-11,20H,12-15H2,1-3H3. The van der Waals surface area contributed by atoms with Crippen molar-refractivity contribution in [1.29, 1.82) is 0 Å². The number of anilines is 1. The summed E-state index contributed by atoms with van der Waals surface area (Å²) in [6, 6.07) is 13.0. The summed E-state index contributed by atoms with van der Waals surface area (Å²) in [6.45, 7) is 9.30. The minimum absolute atomic E-state index is 0.185. The van der Waals surface area contributed by atoms with Gasteiger partial charge in [0.2, 0.25) is 0 Å². The van der Waals surface area contributed by atoms with Crippen LogP contribution in [-0.4, -0.2) is 51.3 Å². The van der Waals surface area contributed by atoms with Crippen molar-refractivity contribution in [2.75, 3.05) is 31.1 Å². The zero-order valence-electron chi connectivity index (χ0n) is 17.5. The van der Waals surface area contributed by atoms with Gasteiger partial charge in [-0.05, 0) is 73.2 Å². The zero-order chi connectivity index (χ0) is 21.3. The Morgan fingerprint density at radius 3 is 1.97 bits per heavy atom. The van der Waals surface area contributed by atoms with Crippen molar-refractivity contribution >= 4 is 5.69 Å². The van der Waals surface area contributed by atoms with E-state index < -0.39 is 0 Å². The Labute approximate surface area is 175 Å². The van der Waals surface area contributed by atoms with E-state index in [2.05, 4.69) is 46.1 Å². The van der Waals surface area contributed by atoms with Crippen LogP contribution in [-0.2, 0) is 5.54 Å². The summed E-state index contributed by atoms with van der Waals surface area (Å²) in [6.07, 6.45) is 0. The Morgan fingerprint density at radius 2 is 1.40 bits per heavy atom. The number of hydrogen-bond donors (Lipinski definition) is 0. The van der Waals surface area contributed by atoms with Crippen LogP contribution in [0.1, 0.15) is 38.2 Å². The van der Waals surface area contributed by atoms with Gasteiger partial charge < -0.3 is 4.90 Å². The van der Waals surface area contributed by atoms with Gasteiger partial charge in [-0.15, -0.1) is 5.10 Å². The second-order valence-electron chi connectivity index (χ2n) is 8.57. The van der Waals surface area contributed by atoms with E-state index in [-0.39, 0.29) is 23.2 Å². The third-order valence-corrected chi connectivity index (χ3v) is 5.43. The van der Waals surface area contributed by atoms with E-state index in [1.54, 1.807) is 12.1 Å². The Bertz CT molecular complexity index is 970. The SMILES string of the molecule is CC(C)(C)n1nnnc1C(c1ccc(F)cc1)N1CCN(c2ccc(F)cc2)CC1. The molecule has 0 spiro atoms. The fourth-order valence-electron chi connectivity index (χ4n) is 3.90. The molecule has 8 heteroatoms. The predicted molar refractivity (Wildman–Crippen MR) is 111 cm³/mol. The summed E-state index contributed by atoms with van der Waals surface area (Å²) in [4.78, 5) is 4.56. The van der Waals surface area contributed by atoms with Gasteiger partial charge in [0.05, 0.1) is 11.6 Å². The molecule has 0 radical (unpaired) electrons. The fraction of sp³-hybridized carbons (Fsp3) is 0.409. The van der Waals surface area contributed by atoms with Crippen LogP contribution >= 0.6 is 0 Å². The zero-order valence-corrected chi connectivity index (χ0v) is 17.5. The summed E-state index contributed by atoms with van der Waals surface area (Å²) in [5.74, 6) is 0.237. The van der Waals surface area contributed by atoms with Crippen LogP contribution in [0.25, 0.3) is 0 Å². The molecule has 1 aromatic heterocycles. The number of piperazine rings is 1. The quantitative estimate of drug-likeness (QED) is 0.655. The Morgan fingerprint density at radius 1 is 0.833 bits per heavy atom. The van der Waals surface area contributed by atoms with Gasteiger partial charge in [-0.25, -0.2) is 13.5 Å². The van der Waals surface area contributed by atoms with Gasteiger partial charge in [0.1, 0.15) is 11.6 Å². The van der Waals surface area contributed by atoms with Crippen molar-refractivity contribution < 1.29 is 8.78 Å². The highest BCUT2D eigenvalue weighted by atomic mass is 19.1. The van der Waals surface area contributed by atoms with Gasteiger partial charge >= 0.3 is 0 Å². The number of nitrogens with zero attached hydrogens (tertiary/aromatic N) is 6. The minimum atomic E-state index is -0.285. The van der Waals surface area contributed by atoms with Crippen molar-refractivity contribution in [2.24, 2.45) is 0 Å². The molecule has 2 aromatic carbocycles. The van der Waals surface area contributed by atoms with Crippen molar-refractivity contribution in [3.05, 3.63) is 71.6 Å². The maximum atomic E-state index is 13.6. The van der Waals surface area contributed by atoms with Gasteiger partial charge in [-0.3, -0.25) is 4.90 Å². The normalized spacial score (nSPS) is 16.6. The average Bonchev–Trinajstić information content (AvgIpc) is 3.21. The second-order valence-corrected chi connectivity index (χ2v) is 8.57. The van der Waals surface area contributed by atoms with E-state index in [1.165, 1.54) is 24.3 Å². The Kier molecular flexibility index (Phi) is 5.51. The number of aromatic nitrogens is 4. The van der Waals surface area contributed by atoms with Crippen molar-refractivity contribution in [3.63, 3.8) is 0 Å². The summed E-state index contributed by atoms with van der Waals surface area (Å²) in [7, 11) is 0. The van der Waals surface area contributed by atoms with Crippen molar-refractivity contribution in [1.82, 2.24) is 25.1 Å². The van der Waals surface area contributed by atoms with E-state index in [0.717, 1.165) is 43.3 Å². The van der Waals surface area contributed by atoms with E-state index in [4.69, 9.17) is 0 Å². The van der Waals surface area contributed by atoms with Crippen molar-refractivity contribution in [3.8, 4) is 0 Å². The molecule has 6 nitrogen and oxygen atoms in total. The number of tetrazole rings is 1. The van der Waals surface area contributed by atoms with Gasteiger partial charge in [0.25, 0.3) is 0 Å². The molecule has 1 atom stereocenters. The summed E-state index contributed by atoms with van der Waals surface area (Å²) in [5.41, 5.74) is 1.67. The molecule has 0 N–H and O–H groups in total. The topological polar surface area (TPSA) is 50.1 Å². The van der Waals surface area contributed by atoms with Gasteiger partial charge in [-0.2, -0.15) is 0 Å². The first kappa shape index (κ1) is 20.4. The molecule has 158 valence electrons. The van der Waals surface area contributed by atoms with Crippen LogP contribution in [0.3, 0.4) is 0 Å². The molecule has 4 rings (SSSR count). The maximum Gasteiger partial charge on any atom is 0.173 e.